The molecule has 1 atom stereocenters. The summed E-state index contributed by atoms with van der Waals surface area (Å²) in [6, 6.07) is 5.50. The number of nitrogens with zero attached hydrogens (tertiary/aromatic N) is 4. The molecule has 0 aliphatic carbocycles. The second-order valence-corrected chi connectivity index (χ2v) is 7.36. The van der Waals surface area contributed by atoms with Crippen molar-refractivity contribution in [3.05, 3.63) is 47.5 Å². The van der Waals surface area contributed by atoms with Crippen LogP contribution in [0.1, 0.15) is 46.9 Å². The number of hydrogen-bond acceptors (Lipinski definition) is 4. The molecule has 26 heavy (non-hydrogen) atoms. The highest BCUT2D eigenvalue weighted by atomic mass is 16.2. The maximum Gasteiger partial charge on any atom is 0.272 e. The summed E-state index contributed by atoms with van der Waals surface area (Å²) >= 11 is 0. The van der Waals surface area contributed by atoms with Gasteiger partial charge in [0.05, 0.1) is 11.7 Å². The van der Waals surface area contributed by atoms with E-state index in [2.05, 4.69) is 15.4 Å². The standard InChI is InChI=1S/C19H23N5O2/c1-13-4-3-5-16(21-13)18(26)24-8-6-19(7-9-24)15(10-17(25)22-19)14-11-20-23(2)12-14/h3-5,11-12,15H,6-10H2,1-2H3,(H,22,25)/t15-/m1/s1. The molecule has 4 rings (SSSR count). The molecular formula is C19H23N5O2. The van der Waals surface area contributed by atoms with Gasteiger partial charge in [-0.25, -0.2) is 4.98 Å². The van der Waals surface area contributed by atoms with E-state index in [1.807, 2.05) is 43.4 Å². The van der Waals surface area contributed by atoms with Gasteiger partial charge in [0, 0.05) is 44.4 Å². The highest BCUT2D eigenvalue weighted by Crippen LogP contribution is 2.43. The van der Waals surface area contributed by atoms with Crippen LogP contribution in [0.5, 0.6) is 0 Å². The van der Waals surface area contributed by atoms with E-state index < -0.39 is 0 Å². The molecule has 7 heteroatoms. The minimum Gasteiger partial charge on any atom is -0.350 e. The topological polar surface area (TPSA) is 80.1 Å². The monoisotopic (exact) mass is 353 g/mol. The lowest BCUT2D eigenvalue weighted by Gasteiger charge is -2.42. The normalized spacial score (nSPS) is 21.8. The molecule has 136 valence electrons. The number of amides is 2. The Morgan fingerprint density at radius 3 is 2.73 bits per heavy atom. The molecular weight excluding hydrogens is 330 g/mol. The first-order valence-corrected chi connectivity index (χ1v) is 8.99. The maximum atomic E-state index is 12.7. The van der Waals surface area contributed by atoms with Crippen LogP contribution in [0, 0.1) is 6.92 Å². The van der Waals surface area contributed by atoms with Crippen LogP contribution in [0.15, 0.2) is 30.6 Å². The van der Waals surface area contributed by atoms with Gasteiger partial charge < -0.3 is 10.2 Å². The van der Waals surface area contributed by atoms with Crippen LogP contribution in [-0.4, -0.2) is 50.1 Å². The zero-order chi connectivity index (χ0) is 18.3. The Balaban J connectivity index is 1.51. The number of hydrogen-bond donors (Lipinski definition) is 1. The van der Waals surface area contributed by atoms with Gasteiger partial charge in [-0.3, -0.25) is 14.3 Å². The van der Waals surface area contributed by atoms with Crippen molar-refractivity contribution in [3.8, 4) is 0 Å². The lowest BCUT2D eigenvalue weighted by molar-refractivity contribution is -0.120. The van der Waals surface area contributed by atoms with Crippen molar-refractivity contribution in [2.75, 3.05) is 13.1 Å². The Hall–Kier alpha value is -2.70. The number of rotatable bonds is 2. The number of carbonyl (C=O) groups excluding carboxylic acids is 2. The molecule has 4 heterocycles. The Bertz CT molecular complexity index is 851. The number of carbonyl (C=O) groups is 2. The average Bonchev–Trinajstić information content (AvgIpc) is 3.18. The lowest BCUT2D eigenvalue weighted by Crippen LogP contribution is -2.54. The van der Waals surface area contributed by atoms with Gasteiger partial charge in [0.15, 0.2) is 0 Å². The summed E-state index contributed by atoms with van der Waals surface area (Å²) in [6.07, 6.45) is 5.81. The zero-order valence-corrected chi connectivity index (χ0v) is 15.1. The summed E-state index contributed by atoms with van der Waals surface area (Å²) in [6.45, 7) is 3.12. The zero-order valence-electron chi connectivity index (χ0n) is 15.1. The number of likely N-dealkylation sites (tertiary alicyclic amines) is 1. The predicted molar refractivity (Wildman–Crippen MR) is 95.6 cm³/mol. The van der Waals surface area contributed by atoms with Crippen LogP contribution >= 0.6 is 0 Å². The summed E-state index contributed by atoms with van der Waals surface area (Å²) in [5.74, 6) is 0.155. The molecule has 1 spiro atoms. The summed E-state index contributed by atoms with van der Waals surface area (Å²) in [5, 5.41) is 7.47. The van der Waals surface area contributed by atoms with Gasteiger partial charge in [0.25, 0.3) is 5.91 Å². The van der Waals surface area contributed by atoms with Crippen LogP contribution in [-0.2, 0) is 11.8 Å². The molecule has 1 N–H and O–H groups in total. The van der Waals surface area contributed by atoms with Gasteiger partial charge in [0.2, 0.25) is 5.91 Å². The number of nitrogens with one attached hydrogen (secondary N) is 1. The molecule has 0 bridgehead atoms. The molecule has 2 fully saturated rings. The molecule has 2 aromatic rings. The SMILES string of the molecule is Cc1cccc(C(=O)N2CCC3(CC2)NC(=O)C[C@@H]3c2cnn(C)c2)n1. The quantitative estimate of drug-likeness (QED) is 0.885. The van der Waals surface area contributed by atoms with E-state index in [0.717, 1.165) is 24.1 Å². The summed E-state index contributed by atoms with van der Waals surface area (Å²) in [7, 11) is 1.89. The van der Waals surface area contributed by atoms with E-state index in [0.29, 0.717) is 25.2 Å². The third kappa shape index (κ3) is 2.87. The minimum absolute atomic E-state index is 0.0363. The second-order valence-electron chi connectivity index (χ2n) is 7.36. The van der Waals surface area contributed by atoms with Gasteiger partial charge in [-0.05, 0) is 37.5 Å². The molecule has 2 amide bonds. The van der Waals surface area contributed by atoms with E-state index >= 15 is 0 Å². The first-order valence-electron chi connectivity index (χ1n) is 8.99. The Kier molecular flexibility index (Phi) is 4.01. The van der Waals surface area contributed by atoms with Crippen molar-refractivity contribution in [3.63, 3.8) is 0 Å². The Labute approximate surface area is 152 Å². The smallest absolute Gasteiger partial charge is 0.272 e. The average molecular weight is 353 g/mol. The van der Waals surface area contributed by atoms with E-state index in [4.69, 9.17) is 0 Å². The van der Waals surface area contributed by atoms with Gasteiger partial charge >= 0.3 is 0 Å². The van der Waals surface area contributed by atoms with Crippen molar-refractivity contribution in [2.24, 2.45) is 7.05 Å². The maximum absolute atomic E-state index is 12.7. The lowest BCUT2D eigenvalue weighted by atomic mass is 9.75. The second kappa shape index (κ2) is 6.23. The summed E-state index contributed by atoms with van der Waals surface area (Å²) < 4.78 is 1.77. The van der Waals surface area contributed by atoms with Crippen molar-refractivity contribution >= 4 is 11.8 Å². The van der Waals surface area contributed by atoms with E-state index in [-0.39, 0.29) is 23.3 Å². The molecule has 0 radical (unpaired) electrons. The number of piperidine rings is 1. The van der Waals surface area contributed by atoms with E-state index in [1.54, 1.807) is 10.7 Å². The van der Waals surface area contributed by atoms with E-state index in [9.17, 15) is 9.59 Å². The molecule has 2 aromatic heterocycles. The van der Waals surface area contributed by atoms with Gasteiger partial charge in [-0.15, -0.1) is 0 Å². The van der Waals surface area contributed by atoms with Crippen molar-refractivity contribution in [1.29, 1.82) is 0 Å². The van der Waals surface area contributed by atoms with Gasteiger partial charge in [0.1, 0.15) is 5.69 Å². The third-order valence-corrected chi connectivity index (χ3v) is 5.62. The number of pyridine rings is 1. The predicted octanol–water partition coefficient (Wildman–Crippen LogP) is 1.40. The fourth-order valence-corrected chi connectivity index (χ4v) is 4.26. The van der Waals surface area contributed by atoms with Gasteiger partial charge in [-0.2, -0.15) is 5.10 Å². The fraction of sp³-hybridized carbons (Fsp3) is 0.474. The highest BCUT2D eigenvalue weighted by Gasteiger charge is 2.49. The highest BCUT2D eigenvalue weighted by molar-refractivity contribution is 5.92. The first kappa shape index (κ1) is 16.8. The molecule has 2 aliphatic heterocycles. The number of aryl methyl sites for hydroxylation is 2. The van der Waals surface area contributed by atoms with Crippen molar-refractivity contribution < 1.29 is 9.59 Å². The summed E-state index contributed by atoms with van der Waals surface area (Å²) in [4.78, 5) is 31.1. The molecule has 0 unspecified atom stereocenters. The van der Waals surface area contributed by atoms with Crippen LogP contribution in [0.3, 0.4) is 0 Å². The van der Waals surface area contributed by atoms with Gasteiger partial charge in [-0.1, -0.05) is 6.07 Å². The molecule has 0 saturated carbocycles. The van der Waals surface area contributed by atoms with Crippen LogP contribution in [0.2, 0.25) is 0 Å². The number of aromatic nitrogens is 3. The third-order valence-electron chi connectivity index (χ3n) is 5.62. The van der Waals surface area contributed by atoms with Crippen LogP contribution < -0.4 is 5.32 Å². The Morgan fingerprint density at radius 1 is 1.31 bits per heavy atom. The molecule has 7 nitrogen and oxygen atoms in total. The molecule has 2 aliphatic rings. The Morgan fingerprint density at radius 2 is 2.08 bits per heavy atom. The van der Waals surface area contributed by atoms with Crippen LogP contribution in [0.25, 0.3) is 0 Å². The van der Waals surface area contributed by atoms with Crippen molar-refractivity contribution in [1.82, 2.24) is 25.0 Å². The van der Waals surface area contributed by atoms with Crippen LogP contribution in [0.4, 0.5) is 0 Å². The largest absolute Gasteiger partial charge is 0.350 e. The fourth-order valence-electron chi connectivity index (χ4n) is 4.26. The molecule has 0 aromatic carbocycles. The van der Waals surface area contributed by atoms with E-state index in [1.165, 1.54) is 0 Å². The summed E-state index contributed by atoms with van der Waals surface area (Å²) in [5.41, 5.74) is 2.13. The molecule has 2 saturated heterocycles. The van der Waals surface area contributed by atoms with Crippen molar-refractivity contribution in [2.45, 2.75) is 37.6 Å². The first-order chi connectivity index (χ1) is 12.5. The minimum atomic E-state index is -0.281.